The van der Waals surface area contributed by atoms with Gasteiger partial charge in [0, 0.05) is 32.4 Å². The Morgan fingerprint density at radius 1 is 1.15 bits per heavy atom. The average Bonchev–Trinajstić information content (AvgIpc) is 2.98. The molecule has 4 amide bonds. The quantitative estimate of drug-likeness (QED) is 0.594. The molecule has 33 heavy (non-hydrogen) atoms. The van der Waals surface area contributed by atoms with Crippen molar-refractivity contribution in [3.63, 3.8) is 0 Å². The van der Waals surface area contributed by atoms with Crippen molar-refractivity contribution in [2.45, 2.75) is 51.2 Å². The van der Waals surface area contributed by atoms with Crippen LogP contribution >= 0.6 is 11.6 Å². The number of pyridine rings is 1. The topological polar surface area (TPSA) is 85.8 Å². The number of carbonyl (C=O) groups excluding carboxylic acids is 3. The summed E-state index contributed by atoms with van der Waals surface area (Å²) in [7, 11) is 0. The largest absolute Gasteiger partial charge is 0.417 e. The van der Waals surface area contributed by atoms with Crippen molar-refractivity contribution in [2.75, 3.05) is 37.6 Å². The lowest BCUT2D eigenvalue weighted by molar-refractivity contribution is -0.139. The van der Waals surface area contributed by atoms with E-state index in [-0.39, 0.29) is 42.3 Å². The molecular weight excluding hydrogens is 463 g/mol. The molecule has 0 radical (unpaired) electrons. The number of halogens is 4. The Labute approximate surface area is 195 Å². The maximum atomic E-state index is 13.0. The number of aromatic nitrogens is 1. The molecule has 1 N–H and O–H groups in total. The van der Waals surface area contributed by atoms with Gasteiger partial charge >= 0.3 is 12.2 Å². The van der Waals surface area contributed by atoms with E-state index < -0.39 is 23.3 Å². The number of nitrogens with zero attached hydrogens (tertiary/aromatic N) is 4. The molecule has 2 saturated heterocycles. The molecule has 0 unspecified atom stereocenters. The Morgan fingerprint density at radius 2 is 1.76 bits per heavy atom. The molecule has 0 aliphatic carbocycles. The third-order valence-corrected chi connectivity index (χ3v) is 6.25. The van der Waals surface area contributed by atoms with E-state index in [0.717, 1.165) is 30.0 Å². The van der Waals surface area contributed by atoms with Crippen LogP contribution in [-0.2, 0) is 15.8 Å². The molecule has 182 valence electrons. The van der Waals surface area contributed by atoms with E-state index in [1.54, 1.807) is 4.90 Å². The zero-order valence-corrected chi connectivity index (χ0v) is 19.3. The van der Waals surface area contributed by atoms with Gasteiger partial charge in [0.15, 0.2) is 0 Å². The Hall–Kier alpha value is -2.56. The smallest absolute Gasteiger partial charge is 0.352 e. The van der Waals surface area contributed by atoms with E-state index in [9.17, 15) is 27.6 Å². The number of amides is 4. The number of imide groups is 1. The van der Waals surface area contributed by atoms with Gasteiger partial charge in [0.2, 0.25) is 5.91 Å². The second kappa shape index (κ2) is 9.74. The summed E-state index contributed by atoms with van der Waals surface area (Å²) in [4.78, 5) is 46.3. The fraction of sp³-hybridized carbons (Fsp3) is 0.619. The molecule has 12 heteroatoms. The van der Waals surface area contributed by atoms with E-state index in [1.165, 1.54) is 4.90 Å². The summed E-state index contributed by atoms with van der Waals surface area (Å²) < 4.78 is 38.5. The summed E-state index contributed by atoms with van der Waals surface area (Å²) >= 11 is 6.02. The van der Waals surface area contributed by atoms with Crippen molar-refractivity contribution in [2.24, 2.45) is 0 Å². The molecule has 0 spiro atoms. The van der Waals surface area contributed by atoms with Gasteiger partial charge in [0.05, 0.1) is 10.6 Å². The second-order valence-electron chi connectivity index (χ2n) is 8.30. The van der Waals surface area contributed by atoms with E-state index in [0.29, 0.717) is 25.9 Å². The van der Waals surface area contributed by atoms with Crippen LogP contribution in [0, 0.1) is 0 Å². The molecule has 0 aromatic carbocycles. The highest BCUT2D eigenvalue weighted by molar-refractivity contribution is 6.33. The van der Waals surface area contributed by atoms with Crippen molar-refractivity contribution in [3.05, 3.63) is 22.8 Å². The third-order valence-electron chi connectivity index (χ3n) is 5.97. The Bertz CT molecular complexity index is 913. The number of anilines is 1. The minimum absolute atomic E-state index is 0.118. The number of nitrogens with one attached hydrogen (secondary N) is 1. The summed E-state index contributed by atoms with van der Waals surface area (Å²) in [5.41, 5.74) is -1.88. The first kappa shape index (κ1) is 25.1. The van der Waals surface area contributed by atoms with Crippen LogP contribution in [-0.4, -0.2) is 70.9 Å². The minimum Gasteiger partial charge on any atom is -0.352 e. The molecule has 0 atom stereocenters. The second-order valence-corrected chi connectivity index (χ2v) is 8.71. The lowest BCUT2D eigenvalue weighted by atomic mass is 9.88. The van der Waals surface area contributed by atoms with Gasteiger partial charge in [-0.15, -0.1) is 0 Å². The molecule has 8 nitrogen and oxygen atoms in total. The molecular formula is C21H27ClF3N5O3. The molecule has 2 fully saturated rings. The number of hydrogen-bond donors (Lipinski definition) is 1. The number of hydrogen-bond acceptors (Lipinski definition) is 5. The predicted octanol–water partition coefficient (Wildman–Crippen LogP) is 3.29. The van der Waals surface area contributed by atoms with Gasteiger partial charge in [-0.2, -0.15) is 13.2 Å². The van der Waals surface area contributed by atoms with Gasteiger partial charge in [0.1, 0.15) is 17.9 Å². The van der Waals surface area contributed by atoms with E-state index >= 15 is 0 Å². The highest BCUT2D eigenvalue weighted by Gasteiger charge is 2.50. The van der Waals surface area contributed by atoms with Crippen molar-refractivity contribution >= 4 is 35.3 Å². The Kier molecular flexibility index (Phi) is 7.40. The van der Waals surface area contributed by atoms with Crippen molar-refractivity contribution in [1.82, 2.24) is 20.1 Å². The molecule has 1 aromatic rings. The van der Waals surface area contributed by atoms with Crippen LogP contribution in [0.5, 0.6) is 0 Å². The zero-order chi connectivity index (χ0) is 24.4. The van der Waals surface area contributed by atoms with Gasteiger partial charge in [-0.1, -0.05) is 38.3 Å². The number of piperazine rings is 1. The van der Waals surface area contributed by atoms with Crippen LogP contribution in [0.2, 0.25) is 5.02 Å². The van der Waals surface area contributed by atoms with Crippen LogP contribution in [0.3, 0.4) is 0 Å². The molecule has 1 aromatic heterocycles. The number of alkyl halides is 3. The van der Waals surface area contributed by atoms with Gasteiger partial charge < -0.3 is 15.1 Å². The first-order valence-electron chi connectivity index (χ1n) is 10.9. The molecule has 0 bridgehead atoms. The summed E-state index contributed by atoms with van der Waals surface area (Å²) in [6.45, 7) is 4.65. The summed E-state index contributed by atoms with van der Waals surface area (Å²) in [5, 5.41) is 2.66. The maximum Gasteiger partial charge on any atom is 0.417 e. The number of urea groups is 1. The average molecular weight is 490 g/mol. The lowest BCUT2D eigenvalue weighted by Crippen LogP contribution is -2.52. The van der Waals surface area contributed by atoms with Gasteiger partial charge in [-0.25, -0.2) is 9.78 Å². The molecule has 3 rings (SSSR count). The molecule has 0 saturated carbocycles. The van der Waals surface area contributed by atoms with Gasteiger partial charge in [-0.05, 0) is 18.9 Å². The standard InChI is InChI=1S/C21H27ClF3N5O3/c1-3-5-20(6-4-2)18(32)30(19(33)27-20)13-16(31)28-7-9-29(10-8-28)17-15(22)11-14(12-26-17)21(23,24)25/h11-12H,3-10,13H2,1-2H3,(H,27,33). The number of carbonyl (C=O) groups is 3. The normalized spacial score (nSPS) is 18.7. The Balaban J connectivity index is 1.61. The summed E-state index contributed by atoms with van der Waals surface area (Å²) in [5.74, 6) is -0.521. The maximum absolute atomic E-state index is 13.0. The zero-order valence-electron chi connectivity index (χ0n) is 18.5. The SMILES string of the molecule is CCCC1(CCC)NC(=O)N(CC(=O)N2CCN(c3ncc(C(F)(F)F)cc3Cl)CC2)C1=O. The predicted molar refractivity (Wildman–Crippen MR) is 116 cm³/mol. The monoisotopic (exact) mass is 489 g/mol. The molecule has 2 aliphatic heterocycles. The number of rotatable bonds is 7. The fourth-order valence-electron chi connectivity index (χ4n) is 4.36. The van der Waals surface area contributed by atoms with Gasteiger partial charge in [-0.3, -0.25) is 14.5 Å². The fourth-order valence-corrected chi connectivity index (χ4v) is 4.64. The van der Waals surface area contributed by atoms with Crippen LogP contribution in [0.15, 0.2) is 12.3 Å². The minimum atomic E-state index is -4.54. The first-order chi connectivity index (χ1) is 15.5. The highest BCUT2D eigenvalue weighted by atomic mass is 35.5. The molecule has 3 heterocycles. The summed E-state index contributed by atoms with van der Waals surface area (Å²) in [6, 6.07) is 0.271. The van der Waals surface area contributed by atoms with Crippen molar-refractivity contribution in [3.8, 4) is 0 Å². The van der Waals surface area contributed by atoms with Crippen molar-refractivity contribution < 1.29 is 27.6 Å². The van der Waals surface area contributed by atoms with E-state index in [1.807, 2.05) is 13.8 Å². The van der Waals surface area contributed by atoms with Crippen molar-refractivity contribution in [1.29, 1.82) is 0 Å². The molecule has 2 aliphatic rings. The van der Waals surface area contributed by atoms with Crippen LogP contribution in [0.25, 0.3) is 0 Å². The third kappa shape index (κ3) is 5.18. The van der Waals surface area contributed by atoms with Gasteiger partial charge in [0.25, 0.3) is 5.91 Å². The highest BCUT2D eigenvalue weighted by Crippen LogP contribution is 2.34. The lowest BCUT2D eigenvalue weighted by Gasteiger charge is -2.36. The van der Waals surface area contributed by atoms with Crippen LogP contribution < -0.4 is 10.2 Å². The van der Waals surface area contributed by atoms with Crippen LogP contribution in [0.4, 0.5) is 23.8 Å². The first-order valence-corrected chi connectivity index (χ1v) is 11.3. The Morgan fingerprint density at radius 3 is 2.27 bits per heavy atom. The van der Waals surface area contributed by atoms with E-state index in [4.69, 9.17) is 11.6 Å². The van der Waals surface area contributed by atoms with E-state index in [2.05, 4.69) is 10.3 Å². The van der Waals surface area contributed by atoms with Crippen LogP contribution in [0.1, 0.15) is 45.1 Å². The summed E-state index contributed by atoms with van der Waals surface area (Å²) in [6.07, 6.45) is -1.35.